The third-order valence-corrected chi connectivity index (χ3v) is 6.81. The van der Waals surface area contributed by atoms with Crippen LogP contribution in [0.5, 0.6) is 17.2 Å². The molecule has 1 saturated heterocycles. The largest absolute Gasteiger partial charge is 0.507 e. The van der Waals surface area contributed by atoms with Crippen LogP contribution < -0.4 is 14.8 Å². The summed E-state index contributed by atoms with van der Waals surface area (Å²) < 4.78 is 51.6. The minimum absolute atomic E-state index is 0.0158. The average Bonchev–Trinajstić information content (AvgIpc) is 2.91. The van der Waals surface area contributed by atoms with Crippen molar-refractivity contribution in [3.63, 3.8) is 0 Å². The maximum atomic E-state index is 13.5. The first kappa shape index (κ1) is 26.3. The fourth-order valence-electron chi connectivity index (χ4n) is 4.64. The Morgan fingerprint density at radius 1 is 1.03 bits per heavy atom. The monoisotopic (exact) mass is 514 g/mol. The van der Waals surface area contributed by atoms with Gasteiger partial charge in [0.2, 0.25) is 0 Å². The topological polar surface area (TPSA) is 71.0 Å². The van der Waals surface area contributed by atoms with Crippen molar-refractivity contribution in [3.05, 3.63) is 89.5 Å². The Labute approximate surface area is 213 Å². The van der Waals surface area contributed by atoms with Gasteiger partial charge in [-0.1, -0.05) is 42.5 Å². The Bertz CT molecular complexity index is 1210. The fraction of sp³-hybridized carbons (Fsp3) is 0.321. The van der Waals surface area contributed by atoms with Crippen molar-refractivity contribution in [2.45, 2.75) is 24.4 Å². The minimum Gasteiger partial charge on any atom is -0.507 e. The summed E-state index contributed by atoms with van der Waals surface area (Å²) in [5.41, 5.74) is -0.973. The second-order valence-corrected chi connectivity index (χ2v) is 9.10. The number of methoxy groups -OCH3 is 1. The number of rotatable bonds is 8. The van der Waals surface area contributed by atoms with Gasteiger partial charge in [0.05, 0.1) is 12.7 Å². The number of aromatic hydroxyl groups is 1. The van der Waals surface area contributed by atoms with E-state index >= 15 is 0 Å². The number of nitrogens with zero attached hydrogens (tertiary/aromatic N) is 1. The van der Waals surface area contributed by atoms with Gasteiger partial charge in [-0.25, -0.2) is 0 Å². The highest BCUT2D eigenvalue weighted by Gasteiger charge is 2.39. The smallest absolute Gasteiger partial charge is 0.416 e. The van der Waals surface area contributed by atoms with Gasteiger partial charge in [-0.15, -0.1) is 0 Å². The van der Waals surface area contributed by atoms with Gasteiger partial charge < -0.3 is 19.9 Å². The lowest BCUT2D eigenvalue weighted by Crippen LogP contribution is -2.49. The lowest BCUT2D eigenvalue weighted by molar-refractivity contribution is -0.137. The van der Waals surface area contributed by atoms with Gasteiger partial charge >= 0.3 is 6.18 Å². The van der Waals surface area contributed by atoms with Crippen LogP contribution in [0.2, 0.25) is 0 Å². The van der Waals surface area contributed by atoms with Crippen LogP contribution in [0.25, 0.3) is 0 Å². The van der Waals surface area contributed by atoms with E-state index in [1.807, 2.05) is 30.3 Å². The van der Waals surface area contributed by atoms with Crippen molar-refractivity contribution >= 4 is 5.91 Å². The molecular formula is C28H29F3N2O4. The molecule has 0 atom stereocenters. The number of benzene rings is 3. The minimum atomic E-state index is -4.48. The van der Waals surface area contributed by atoms with Gasteiger partial charge in [0, 0.05) is 25.0 Å². The molecule has 0 saturated carbocycles. The Balaban J connectivity index is 1.54. The van der Waals surface area contributed by atoms with E-state index in [9.17, 15) is 23.1 Å². The summed E-state index contributed by atoms with van der Waals surface area (Å²) in [5, 5.41) is 13.1. The van der Waals surface area contributed by atoms with E-state index in [1.165, 1.54) is 25.3 Å². The zero-order chi connectivity index (χ0) is 26.5. The number of hydrogen-bond donors (Lipinski definition) is 2. The Hall–Kier alpha value is -3.72. The number of hydrogen-bond acceptors (Lipinski definition) is 5. The van der Waals surface area contributed by atoms with Gasteiger partial charge in [0.1, 0.15) is 29.5 Å². The van der Waals surface area contributed by atoms with Gasteiger partial charge in [-0.2, -0.15) is 13.2 Å². The summed E-state index contributed by atoms with van der Waals surface area (Å²) >= 11 is 0. The molecular weight excluding hydrogens is 485 g/mol. The van der Waals surface area contributed by atoms with Crippen LogP contribution in [-0.2, 0) is 11.6 Å². The first-order valence-corrected chi connectivity index (χ1v) is 11.9. The highest BCUT2D eigenvalue weighted by Crippen LogP contribution is 2.39. The summed E-state index contributed by atoms with van der Waals surface area (Å²) in [6.07, 6.45) is -3.47. The Morgan fingerprint density at radius 3 is 2.41 bits per heavy atom. The molecule has 0 aromatic heterocycles. The molecule has 2 N–H and O–H groups in total. The normalized spacial score (nSPS) is 15.7. The highest BCUT2D eigenvalue weighted by atomic mass is 19.4. The number of carbonyl (C=O) groups excluding carboxylic acids is 1. The number of ether oxygens (including phenoxy) is 2. The zero-order valence-corrected chi connectivity index (χ0v) is 20.4. The number of likely N-dealkylation sites (tertiary alicyclic amines) is 1. The number of carbonyl (C=O) groups is 1. The van der Waals surface area contributed by atoms with Crippen molar-refractivity contribution in [2.75, 3.05) is 33.5 Å². The predicted octanol–water partition coefficient (Wildman–Crippen LogP) is 5.22. The number of para-hydroxylation sites is 1. The molecule has 1 amide bonds. The maximum absolute atomic E-state index is 13.5. The van der Waals surface area contributed by atoms with Crippen molar-refractivity contribution in [2.24, 2.45) is 0 Å². The van der Waals surface area contributed by atoms with Crippen molar-refractivity contribution < 1.29 is 32.5 Å². The van der Waals surface area contributed by atoms with Gasteiger partial charge in [-0.05, 0) is 48.7 Å². The third-order valence-electron chi connectivity index (χ3n) is 6.81. The lowest BCUT2D eigenvalue weighted by Gasteiger charge is -2.42. The number of phenolic OH excluding ortho intramolecular Hbond substituents is 1. The molecule has 3 aromatic carbocycles. The van der Waals surface area contributed by atoms with E-state index in [0.29, 0.717) is 38.2 Å². The van der Waals surface area contributed by atoms with E-state index in [1.54, 1.807) is 18.2 Å². The lowest BCUT2D eigenvalue weighted by atomic mass is 9.72. The summed E-state index contributed by atoms with van der Waals surface area (Å²) in [7, 11) is 1.39. The van der Waals surface area contributed by atoms with E-state index < -0.39 is 23.1 Å². The Morgan fingerprint density at radius 2 is 1.73 bits per heavy atom. The molecule has 196 valence electrons. The third kappa shape index (κ3) is 6.17. The first-order valence-electron chi connectivity index (χ1n) is 11.9. The standard InChI is InChI=1S/C28H29F3N2O4/c1-36-24-12-6-11-23(34)25(24)26(35)32-18-27(20-7-5-8-21(17-20)28(29,30)31)13-15-33(16-14-27)19-37-22-9-3-2-4-10-22/h2-12,17,34H,13-16,18-19H2,1H3,(H,32,35). The van der Waals surface area contributed by atoms with Crippen LogP contribution in [0, 0.1) is 0 Å². The second kappa shape index (κ2) is 11.1. The molecule has 0 unspecified atom stereocenters. The molecule has 1 fully saturated rings. The molecule has 9 heteroatoms. The Kier molecular flexibility index (Phi) is 7.92. The number of phenols is 1. The van der Waals surface area contributed by atoms with Crippen LogP contribution in [-0.4, -0.2) is 49.4 Å². The van der Waals surface area contributed by atoms with E-state index in [-0.39, 0.29) is 23.6 Å². The molecule has 0 spiro atoms. The van der Waals surface area contributed by atoms with Crippen LogP contribution in [0.4, 0.5) is 13.2 Å². The number of halogens is 3. The molecule has 4 rings (SSSR count). The molecule has 1 aliphatic rings. The summed E-state index contributed by atoms with van der Waals surface area (Å²) in [5.74, 6) is 0.147. The van der Waals surface area contributed by atoms with Crippen LogP contribution in [0.3, 0.4) is 0 Å². The SMILES string of the molecule is COc1cccc(O)c1C(=O)NCC1(c2cccc(C(F)(F)F)c2)CCN(COc2ccccc2)CC1. The summed E-state index contributed by atoms with van der Waals surface area (Å²) in [4.78, 5) is 15.1. The van der Waals surface area contributed by atoms with Crippen LogP contribution >= 0.6 is 0 Å². The molecule has 37 heavy (non-hydrogen) atoms. The number of nitrogens with one attached hydrogen (secondary N) is 1. The first-order chi connectivity index (χ1) is 17.7. The number of piperidine rings is 1. The number of alkyl halides is 3. The molecule has 1 heterocycles. The zero-order valence-electron chi connectivity index (χ0n) is 20.4. The van der Waals surface area contributed by atoms with Crippen molar-refractivity contribution in [1.82, 2.24) is 10.2 Å². The predicted molar refractivity (Wildman–Crippen MR) is 133 cm³/mol. The van der Waals surface area contributed by atoms with Gasteiger partial charge in [0.15, 0.2) is 0 Å². The van der Waals surface area contributed by atoms with E-state index in [0.717, 1.165) is 11.8 Å². The summed E-state index contributed by atoms with van der Waals surface area (Å²) in [6.45, 7) is 1.58. The quantitative estimate of drug-likeness (QED) is 0.431. The van der Waals surface area contributed by atoms with Gasteiger partial charge in [0.25, 0.3) is 5.91 Å². The highest BCUT2D eigenvalue weighted by molar-refractivity contribution is 5.99. The van der Waals surface area contributed by atoms with E-state index in [2.05, 4.69) is 10.2 Å². The van der Waals surface area contributed by atoms with Crippen molar-refractivity contribution in [1.29, 1.82) is 0 Å². The maximum Gasteiger partial charge on any atom is 0.416 e. The van der Waals surface area contributed by atoms with Gasteiger partial charge in [-0.3, -0.25) is 9.69 Å². The molecule has 0 aliphatic carbocycles. The van der Waals surface area contributed by atoms with Crippen LogP contribution in [0.15, 0.2) is 72.8 Å². The average molecular weight is 515 g/mol. The second-order valence-electron chi connectivity index (χ2n) is 9.10. The van der Waals surface area contributed by atoms with Crippen LogP contribution in [0.1, 0.15) is 34.3 Å². The molecule has 0 radical (unpaired) electrons. The number of amides is 1. The molecule has 1 aliphatic heterocycles. The summed E-state index contributed by atoms with van der Waals surface area (Å²) in [6, 6.07) is 19.2. The van der Waals surface area contributed by atoms with Crippen molar-refractivity contribution in [3.8, 4) is 17.2 Å². The van der Waals surface area contributed by atoms with E-state index in [4.69, 9.17) is 9.47 Å². The molecule has 6 nitrogen and oxygen atoms in total. The molecule has 0 bridgehead atoms. The molecule has 3 aromatic rings. The fourth-order valence-corrected chi connectivity index (χ4v) is 4.64.